The van der Waals surface area contributed by atoms with Gasteiger partial charge in [0.25, 0.3) is 5.91 Å². The lowest BCUT2D eigenvalue weighted by Crippen LogP contribution is -2.48. The summed E-state index contributed by atoms with van der Waals surface area (Å²) in [4.78, 5) is 16.0. The van der Waals surface area contributed by atoms with Crippen molar-refractivity contribution in [3.05, 3.63) is 34.9 Å². The van der Waals surface area contributed by atoms with E-state index in [-0.39, 0.29) is 5.91 Å². The Labute approximate surface area is 112 Å². The Kier molecular flexibility index (Phi) is 4.22. The molecule has 1 N–H and O–H groups in total. The molecule has 0 saturated carbocycles. The van der Waals surface area contributed by atoms with Crippen molar-refractivity contribution in [3.63, 3.8) is 0 Å². The SMILES string of the molecule is CN1CCN(C(=O)C(O)c2ccccc2Cl)CC1. The number of amides is 1. The van der Waals surface area contributed by atoms with Crippen molar-refractivity contribution in [2.75, 3.05) is 33.2 Å². The maximum atomic E-state index is 12.2. The van der Waals surface area contributed by atoms with Crippen LogP contribution in [-0.2, 0) is 4.79 Å². The molecule has 2 rings (SSSR count). The van der Waals surface area contributed by atoms with Crippen LogP contribution in [0.4, 0.5) is 0 Å². The summed E-state index contributed by atoms with van der Waals surface area (Å²) in [6.45, 7) is 2.97. The van der Waals surface area contributed by atoms with Crippen molar-refractivity contribution in [1.82, 2.24) is 9.80 Å². The van der Waals surface area contributed by atoms with E-state index in [9.17, 15) is 9.90 Å². The minimum atomic E-state index is -1.16. The van der Waals surface area contributed by atoms with E-state index >= 15 is 0 Å². The normalized spacial score (nSPS) is 18.7. The monoisotopic (exact) mass is 268 g/mol. The zero-order chi connectivity index (χ0) is 13.1. The highest BCUT2D eigenvalue weighted by Crippen LogP contribution is 2.24. The van der Waals surface area contributed by atoms with Gasteiger partial charge in [0.2, 0.25) is 0 Å². The van der Waals surface area contributed by atoms with E-state index in [1.807, 2.05) is 7.05 Å². The van der Waals surface area contributed by atoms with E-state index in [4.69, 9.17) is 11.6 Å². The lowest BCUT2D eigenvalue weighted by molar-refractivity contribution is -0.142. The van der Waals surface area contributed by atoms with Crippen LogP contribution in [0.5, 0.6) is 0 Å². The van der Waals surface area contributed by atoms with Gasteiger partial charge in [-0.1, -0.05) is 29.8 Å². The standard InChI is InChI=1S/C13H17ClN2O2/c1-15-6-8-16(9-7-15)13(18)12(17)10-4-2-3-5-11(10)14/h2-5,12,17H,6-9H2,1H3. The van der Waals surface area contributed by atoms with Crippen LogP contribution in [-0.4, -0.2) is 54.0 Å². The van der Waals surface area contributed by atoms with E-state index in [2.05, 4.69) is 4.90 Å². The minimum absolute atomic E-state index is 0.267. The van der Waals surface area contributed by atoms with Gasteiger partial charge in [-0.05, 0) is 13.1 Å². The molecule has 18 heavy (non-hydrogen) atoms. The molecule has 1 aromatic carbocycles. The second-order valence-corrected chi connectivity index (χ2v) is 4.96. The predicted molar refractivity (Wildman–Crippen MR) is 70.5 cm³/mol. The Bertz CT molecular complexity index is 431. The highest BCUT2D eigenvalue weighted by Gasteiger charge is 2.27. The van der Waals surface area contributed by atoms with Gasteiger partial charge >= 0.3 is 0 Å². The van der Waals surface area contributed by atoms with E-state index < -0.39 is 6.10 Å². The van der Waals surface area contributed by atoms with E-state index in [0.717, 1.165) is 13.1 Å². The zero-order valence-corrected chi connectivity index (χ0v) is 11.1. The highest BCUT2D eigenvalue weighted by atomic mass is 35.5. The highest BCUT2D eigenvalue weighted by molar-refractivity contribution is 6.31. The molecule has 0 radical (unpaired) electrons. The summed E-state index contributed by atoms with van der Waals surface area (Å²) in [5.74, 6) is -0.267. The molecule has 1 heterocycles. The summed E-state index contributed by atoms with van der Waals surface area (Å²) in [6.07, 6.45) is -1.16. The third-order valence-electron chi connectivity index (χ3n) is 3.25. The molecular weight excluding hydrogens is 252 g/mol. The number of hydrogen-bond acceptors (Lipinski definition) is 3. The first kappa shape index (κ1) is 13.3. The lowest BCUT2D eigenvalue weighted by atomic mass is 10.1. The first-order valence-corrected chi connectivity index (χ1v) is 6.37. The average molecular weight is 269 g/mol. The van der Waals surface area contributed by atoms with Crippen LogP contribution in [0.25, 0.3) is 0 Å². The molecule has 1 aliphatic heterocycles. The fourth-order valence-corrected chi connectivity index (χ4v) is 2.27. The largest absolute Gasteiger partial charge is 0.378 e. The second-order valence-electron chi connectivity index (χ2n) is 4.55. The maximum absolute atomic E-state index is 12.2. The Hall–Kier alpha value is -1.10. The van der Waals surface area contributed by atoms with E-state index in [1.54, 1.807) is 29.2 Å². The Morgan fingerprint density at radius 3 is 2.50 bits per heavy atom. The van der Waals surface area contributed by atoms with Crippen molar-refractivity contribution in [2.45, 2.75) is 6.10 Å². The van der Waals surface area contributed by atoms with Crippen molar-refractivity contribution in [1.29, 1.82) is 0 Å². The van der Waals surface area contributed by atoms with Gasteiger partial charge in [0, 0.05) is 36.8 Å². The van der Waals surface area contributed by atoms with Gasteiger partial charge in [-0.2, -0.15) is 0 Å². The van der Waals surface area contributed by atoms with E-state index in [0.29, 0.717) is 23.7 Å². The second kappa shape index (κ2) is 5.69. The molecule has 0 aromatic heterocycles. The summed E-state index contributed by atoms with van der Waals surface area (Å²) in [5, 5.41) is 10.5. The number of likely N-dealkylation sites (N-methyl/N-ethyl adjacent to an activating group) is 1. The number of benzene rings is 1. The molecule has 1 atom stereocenters. The van der Waals surface area contributed by atoms with Gasteiger partial charge in [0.1, 0.15) is 0 Å². The fourth-order valence-electron chi connectivity index (χ4n) is 2.03. The first-order chi connectivity index (χ1) is 8.59. The fraction of sp³-hybridized carbons (Fsp3) is 0.462. The van der Waals surface area contributed by atoms with Crippen molar-refractivity contribution in [2.24, 2.45) is 0 Å². The predicted octanol–water partition coefficient (Wildman–Crippen LogP) is 1.15. The van der Waals surface area contributed by atoms with Crippen LogP contribution >= 0.6 is 11.6 Å². The summed E-state index contributed by atoms with van der Waals surface area (Å²) < 4.78 is 0. The summed E-state index contributed by atoms with van der Waals surface area (Å²) in [5.41, 5.74) is 0.475. The van der Waals surface area contributed by atoms with Crippen molar-refractivity contribution in [3.8, 4) is 0 Å². The molecule has 5 heteroatoms. The molecule has 1 fully saturated rings. The topological polar surface area (TPSA) is 43.8 Å². The van der Waals surface area contributed by atoms with Crippen LogP contribution in [0.15, 0.2) is 24.3 Å². The lowest BCUT2D eigenvalue weighted by Gasteiger charge is -2.33. The Morgan fingerprint density at radius 2 is 1.89 bits per heavy atom. The van der Waals surface area contributed by atoms with Gasteiger partial charge in [-0.3, -0.25) is 4.79 Å². The van der Waals surface area contributed by atoms with Gasteiger partial charge in [0.15, 0.2) is 6.10 Å². The smallest absolute Gasteiger partial charge is 0.256 e. The van der Waals surface area contributed by atoms with Gasteiger partial charge in [-0.25, -0.2) is 0 Å². The van der Waals surface area contributed by atoms with Gasteiger partial charge < -0.3 is 14.9 Å². The van der Waals surface area contributed by atoms with Crippen molar-refractivity contribution >= 4 is 17.5 Å². The third-order valence-corrected chi connectivity index (χ3v) is 3.59. The number of halogens is 1. The average Bonchev–Trinajstić information content (AvgIpc) is 2.38. The van der Waals surface area contributed by atoms with Crippen LogP contribution < -0.4 is 0 Å². The maximum Gasteiger partial charge on any atom is 0.256 e. The molecule has 98 valence electrons. The molecule has 1 unspecified atom stereocenters. The molecule has 0 spiro atoms. The van der Waals surface area contributed by atoms with Crippen LogP contribution in [0, 0.1) is 0 Å². The van der Waals surface area contributed by atoms with Crippen LogP contribution in [0.2, 0.25) is 5.02 Å². The Balaban J connectivity index is 2.07. The molecule has 0 aliphatic carbocycles. The molecule has 1 aromatic rings. The molecule has 0 bridgehead atoms. The first-order valence-electron chi connectivity index (χ1n) is 5.99. The molecule has 1 aliphatic rings. The number of carbonyl (C=O) groups excluding carboxylic acids is 1. The number of aliphatic hydroxyl groups is 1. The van der Waals surface area contributed by atoms with Crippen LogP contribution in [0.3, 0.4) is 0 Å². The Morgan fingerprint density at radius 1 is 1.28 bits per heavy atom. The summed E-state index contributed by atoms with van der Waals surface area (Å²) in [6, 6.07) is 6.90. The number of aliphatic hydroxyl groups excluding tert-OH is 1. The van der Waals surface area contributed by atoms with Gasteiger partial charge in [0.05, 0.1) is 0 Å². The zero-order valence-electron chi connectivity index (χ0n) is 10.3. The molecule has 4 nitrogen and oxygen atoms in total. The number of rotatable bonds is 2. The van der Waals surface area contributed by atoms with Gasteiger partial charge in [-0.15, -0.1) is 0 Å². The number of nitrogens with zero attached hydrogens (tertiary/aromatic N) is 2. The van der Waals surface area contributed by atoms with E-state index in [1.165, 1.54) is 0 Å². The molecular formula is C13H17ClN2O2. The third kappa shape index (κ3) is 2.83. The number of hydrogen-bond donors (Lipinski definition) is 1. The molecule has 1 amide bonds. The van der Waals surface area contributed by atoms with Crippen molar-refractivity contribution < 1.29 is 9.90 Å². The summed E-state index contributed by atoms with van der Waals surface area (Å²) in [7, 11) is 2.02. The summed E-state index contributed by atoms with van der Waals surface area (Å²) >= 11 is 5.99. The minimum Gasteiger partial charge on any atom is -0.378 e. The number of carbonyl (C=O) groups is 1. The number of piperazine rings is 1. The van der Waals surface area contributed by atoms with Crippen LogP contribution in [0.1, 0.15) is 11.7 Å². The molecule has 1 saturated heterocycles. The quantitative estimate of drug-likeness (QED) is 0.875.